The number of ether oxygens (including phenoxy) is 1. The summed E-state index contributed by atoms with van der Waals surface area (Å²) in [5.41, 5.74) is 6.88. The molecule has 0 bridgehead atoms. The van der Waals surface area contributed by atoms with Gasteiger partial charge in [-0.15, -0.1) is 0 Å². The quantitative estimate of drug-likeness (QED) is 0.416. The smallest absolute Gasteiger partial charge is 0.311 e. The van der Waals surface area contributed by atoms with Crippen LogP contribution in [0.25, 0.3) is 0 Å². The van der Waals surface area contributed by atoms with Crippen molar-refractivity contribution in [3.05, 3.63) is 77.0 Å². The molecule has 7 nitrogen and oxygen atoms in total. The lowest BCUT2D eigenvalue weighted by Gasteiger charge is -2.08. The van der Waals surface area contributed by atoms with E-state index in [1.807, 2.05) is 0 Å². The Hall–Kier alpha value is -3.61. The molecule has 1 aromatic heterocycles. The fourth-order valence-electron chi connectivity index (χ4n) is 2.06. The molecule has 120 valence electrons. The van der Waals surface area contributed by atoms with Crippen LogP contribution in [0, 0.1) is 10.1 Å². The third-order valence-corrected chi connectivity index (χ3v) is 3.22. The van der Waals surface area contributed by atoms with Gasteiger partial charge in [-0.25, -0.2) is 4.98 Å². The van der Waals surface area contributed by atoms with E-state index in [2.05, 4.69) is 10.3 Å². The molecule has 0 saturated carbocycles. The maximum Gasteiger partial charge on any atom is 0.311 e. The third-order valence-electron chi connectivity index (χ3n) is 3.22. The van der Waals surface area contributed by atoms with Crippen molar-refractivity contribution in [2.24, 2.45) is 0 Å². The molecule has 3 rings (SSSR count). The number of rotatable bonds is 5. The van der Waals surface area contributed by atoms with E-state index >= 15 is 0 Å². The number of nitrogens with two attached hydrogens (primary N) is 1. The first-order valence-corrected chi connectivity index (χ1v) is 7.12. The SMILES string of the molecule is Nc1ccc(Oc2ccc(Nc3ncccc3[N+](=O)[O-])cc2)cc1. The van der Waals surface area contributed by atoms with Crippen molar-refractivity contribution in [2.45, 2.75) is 0 Å². The van der Waals surface area contributed by atoms with Gasteiger partial charge in [-0.3, -0.25) is 10.1 Å². The maximum atomic E-state index is 11.0. The number of benzene rings is 2. The lowest BCUT2D eigenvalue weighted by Crippen LogP contribution is -1.99. The predicted molar refractivity (Wildman–Crippen MR) is 91.5 cm³/mol. The molecule has 0 aliphatic carbocycles. The molecule has 0 aliphatic rings. The third kappa shape index (κ3) is 3.58. The molecule has 0 unspecified atom stereocenters. The largest absolute Gasteiger partial charge is 0.457 e. The Bertz CT molecular complexity index is 848. The average Bonchev–Trinajstić information content (AvgIpc) is 2.59. The highest BCUT2D eigenvalue weighted by Gasteiger charge is 2.13. The van der Waals surface area contributed by atoms with Gasteiger partial charge in [0.25, 0.3) is 0 Å². The van der Waals surface area contributed by atoms with Crippen LogP contribution in [-0.2, 0) is 0 Å². The van der Waals surface area contributed by atoms with Gasteiger partial charge in [0.05, 0.1) is 4.92 Å². The van der Waals surface area contributed by atoms with Gasteiger partial charge in [0.2, 0.25) is 5.82 Å². The Morgan fingerprint density at radius 1 is 1.00 bits per heavy atom. The van der Waals surface area contributed by atoms with Gasteiger partial charge in [0, 0.05) is 23.6 Å². The first-order chi connectivity index (χ1) is 11.6. The van der Waals surface area contributed by atoms with Gasteiger partial charge < -0.3 is 15.8 Å². The van der Waals surface area contributed by atoms with Gasteiger partial charge in [-0.2, -0.15) is 0 Å². The topological polar surface area (TPSA) is 103 Å². The van der Waals surface area contributed by atoms with Crippen LogP contribution in [0.5, 0.6) is 11.5 Å². The van der Waals surface area contributed by atoms with Crippen molar-refractivity contribution in [1.82, 2.24) is 4.98 Å². The molecule has 7 heteroatoms. The molecule has 0 radical (unpaired) electrons. The van der Waals surface area contributed by atoms with Crippen LogP contribution in [0.2, 0.25) is 0 Å². The Labute approximate surface area is 137 Å². The molecule has 0 aliphatic heterocycles. The lowest BCUT2D eigenvalue weighted by molar-refractivity contribution is -0.384. The molecule has 0 fully saturated rings. The van der Waals surface area contributed by atoms with Crippen LogP contribution < -0.4 is 15.8 Å². The second kappa shape index (κ2) is 6.66. The van der Waals surface area contributed by atoms with Gasteiger partial charge in [0.1, 0.15) is 11.5 Å². The number of nitro groups is 1. The summed E-state index contributed by atoms with van der Waals surface area (Å²) in [4.78, 5) is 14.5. The van der Waals surface area contributed by atoms with E-state index in [1.54, 1.807) is 48.5 Å². The summed E-state index contributed by atoms with van der Waals surface area (Å²) in [5.74, 6) is 1.50. The summed E-state index contributed by atoms with van der Waals surface area (Å²) in [7, 11) is 0. The van der Waals surface area contributed by atoms with Crippen molar-refractivity contribution in [1.29, 1.82) is 0 Å². The zero-order chi connectivity index (χ0) is 16.9. The van der Waals surface area contributed by atoms with Crippen LogP contribution in [0.1, 0.15) is 0 Å². The second-order valence-corrected chi connectivity index (χ2v) is 4.95. The molecule has 24 heavy (non-hydrogen) atoms. The number of aromatic nitrogens is 1. The highest BCUT2D eigenvalue weighted by atomic mass is 16.6. The molecule has 2 aromatic carbocycles. The van der Waals surface area contributed by atoms with E-state index in [0.29, 0.717) is 22.9 Å². The first kappa shape index (κ1) is 15.3. The summed E-state index contributed by atoms with van der Waals surface area (Å²) < 4.78 is 5.69. The standard InChI is InChI=1S/C17H14N4O3/c18-12-3-7-14(8-4-12)24-15-9-5-13(6-10-15)20-17-16(21(22)23)2-1-11-19-17/h1-11H,18H2,(H,19,20). The number of nitrogens with zero attached hydrogens (tertiary/aromatic N) is 2. The number of hydrogen-bond acceptors (Lipinski definition) is 6. The summed E-state index contributed by atoms with van der Waals surface area (Å²) in [6.07, 6.45) is 1.49. The number of anilines is 3. The molecule has 3 N–H and O–H groups in total. The van der Waals surface area contributed by atoms with Crippen LogP contribution in [0.4, 0.5) is 22.9 Å². The van der Waals surface area contributed by atoms with Crippen LogP contribution >= 0.6 is 0 Å². The predicted octanol–water partition coefficient (Wildman–Crippen LogP) is 4.11. The fraction of sp³-hybridized carbons (Fsp3) is 0. The molecule has 0 atom stereocenters. The zero-order valence-electron chi connectivity index (χ0n) is 12.5. The first-order valence-electron chi connectivity index (χ1n) is 7.12. The second-order valence-electron chi connectivity index (χ2n) is 4.95. The van der Waals surface area contributed by atoms with Gasteiger partial charge in [0.15, 0.2) is 0 Å². The normalized spacial score (nSPS) is 10.2. The van der Waals surface area contributed by atoms with E-state index in [1.165, 1.54) is 18.3 Å². The van der Waals surface area contributed by atoms with Crippen molar-refractivity contribution in [3.8, 4) is 11.5 Å². The summed E-state index contributed by atoms with van der Waals surface area (Å²) in [6.45, 7) is 0. The van der Waals surface area contributed by atoms with Crippen molar-refractivity contribution in [3.63, 3.8) is 0 Å². The Kier molecular flexibility index (Phi) is 4.24. The average molecular weight is 322 g/mol. The number of nitrogens with one attached hydrogen (secondary N) is 1. The molecule has 1 heterocycles. The van der Waals surface area contributed by atoms with E-state index in [4.69, 9.17) is 10.5 Å². The molecule has 3 aromatic rings. The van der Waals surface area contributed by atoms with E-state index in [0.717, 1.165) is 0 Å². The van der Waals surface area contributed by atoms with Gasteiger partial charge in [-0.05, 0) is 54.6 Å². The van der Waals surface area contributed by atoms with Crippen molar-refractivity contribution < 1.29 is 9.66 Å². The highest BCUT2D eigenvalue weighted by molar-refractivity contribution is 5.65. The Morgan fingerprint density at radius 3 is 2.25 bits per heavy atom. The molecule has 0 spiro atoms. The minimum atomic E-state index is -0.478. The van der Waals surface area contributed by atoms with Crippen LogP contribution in [0.15, 0.2) is 66.9 Å². The number of pyridine rings is 1. The summed E-state index contributed by atoms with van der Waals surface area (Å²) in [6, 6.07) is 17.0. The van der Waals surface area contributed by atoms with Crippen molar-refractivity contribution >= 4 is 22.9 Å². The zero-order valence-corrected chi connectivity index (χ0v) is 12.5. The molecular weight excluding hydrogens is 308 g/mol. The number of hydrogen-bond donors (Lipinski definition) is 2. The molecular formula is C17H14N4O3. The minimum absolute atomic E-state index is 0.0836. The molecule has 0 amide bonds. The van der Waals surface area contributed by atoms with Crippen molar-refractivity contribution in [2.75, 3.05) is 11.1 Å². The Morgan fingerprint density at radius 2 is 1.62 bits per heavy atom. The fourth-order valence-corrected chi connectivity index (χ4v) is 2.06. The van der Waals surface area contributed by atoms with Gasteiger partial charge in [-0.1, -0.05) is 0 Å². The van der Waals surface area contributed by atoms with E-state index in [9.17, 15) is 10.1 Å². The highest BCUT2D eigenvalue weighted by Crippen LogP contribution is 2.27. The van der Waals surface area contributed by atoms with Gasteiger partial charge >= 0.3 is 5.69 Å². The summed E-state index contributed by atoms with van der Waals surface area (Å²) in [5, 5.41) is 13.9. The Balaban J connectivity index is 1.73. The monoisotopic (exact) mass is 322 g/mol. The van der Waals surface area contributed by atoms with E-state index < -0.39 is 4.92 Å². The number of nitrogen functional groups attached to an aromatic ring is 1. The minimum Gasteiger partial charge on any atom is -0.457 e. The lowest BCUT2D eigenvalue weighted by atomic mass is 10.3. The van der Waals surface area contributed by atoms with E-state index in [-0.39, 0.29) is 11.5 Å². The van der Waals surface area contributed by atoms with Crippen LogP contribution in [-0.4, -0.2) is 9.91 Å². The summed E-state index contributed by atoms with van der Waals surface area (Å²) >= 11 is 0. The molecule has 0 saturated heterocycles. The maximum absolute atomic E-state index is 11.0. The van der Waals surface area contributed by atoms with Crippen LogP contribution in [0.3, 0.4) is 0 Å².